The number of hydrogen-bond acceptors (Lipinski definition) is 2. The predicted molar refractivity (Wildman–Crippen MR) is 49.2 cm³/mol. The van der Waals surface area contributed by atoms with E-state index in [1.165, 1.54) is 0 Å². The Morgan fingerprint density at radius 1 is 1.80 bits per heavy atom. The monoisotopic (exact) mass is 267 g/mol. The largest absolute Gasteiger partial charge is 0.525 e. The molecule has 1 saturated heterocycles. The van der Waals surface area contributed by atoms with Crippen molar-refractivity contribution in [3.05, 3.63) is 12.7 Å². The van der Waals surface area contributed by atoms with E-state index in [0.717, 1.165) is 13.0 Å². The fourth-order valence-corrected chi connectivity index (χ4v) is 2.54. The van der Waals surface area contributed by atoms with Gasteiger partial charge in [-0.15, -0.1) is 6.58 Å². The van der Waals surface area contributed by atoms with Gasteiger partial charge in [-0.3, -0.25) is 0 Å². The van der Waals surface area contributed by atoms with Gasteiger partial charge in [0, 0.05) is 6.42 Å². The first kappa shape index (κ1) is 9.01. The summed E-state index contributed by atoms with van der Waals surface area (Å²) in [4.78, 5) is 0. The zero-order valence-corrected chi connectivity index (χ0v) is 8.94. The first-order valence-corrected chi connectivity index (χ1v) is 7.83. The molecule has 0 saturated carbocycles. The van der Waals surface area contributed by atoms with Gasteiger partial charge in [-0.25, -0.2) is 0 Å². The van der Waals surface area contributed by atoms with Crippen LogP contribution >= 0.6 is 20.3 Å². The Morgan fingerprint density at radius 3 is 3.10 bits per heavy atom. The first-order chi connectivity index (χ1) is 4.86. The molecule has 2 atom stereocenters. The maximum Gasteiger partial charge on any atom is 0.525 e. The van der Waals surface area contributed by atoms with E-state index in [9.17, 15) is 0 Å². The van der Waals surface area contributed by atoms with Gasteiger partial charge in [0.1, 0.15) is 0 Å². The van der Waals surface area contributed by atoms with Crippen LogP contribution in [-0.2, 0) is 8.53 Å². The molecule has 0 aromatic carbocycles. The third-order valence-electron chi connectivity index (χ3n) is 1.50. The van der Waals surface area contributed by atoms with Gasteiger partial charge in [-0.2, -0.15) is 20.3 Å². The molecular formula is C6H9AlIO2. The molecule has 1 fully saturated rings. The van der Waals surface area contributed by atoms with Crippen molar-refractivity contribution in [3.8, 4) is 0 Å². The normalized spacial score (nSPS) is 32.1. The number of ether oxygens (including phenoxy) is 1. The SMILES string of the molecule is C=C[C@@H]1C[C@@H]([O][Al][I])CO1. The molecule has 0 amide bonds. The van der Waals surface area contributed by atoms with Crippen LogP contribution in [0.4, 0.5) is 0 Å². The molecular weight excluding hydrogens is 258 g/mol. The van der Waals surface area contributed by atoms with E-state index in [1.54, 1.807) is 0 Å². The van der Waals surface area contributed by atoms with E-state index in [4.69, 9.17) is 8.53 Å². The standard InChI is InChI=1S/C6H9O2.Al.HI/c1-2-6-3-5(7)4-8-6;;/h2,5-6H,1,3-4H2;;1H/q-1;+2;/p-1/t5-,6-;;/m1../s1. The van der Waals surface area contributed by atoms with E-state index in [-0.39, 0.29) is 18.4 Å². The number of rotatable bonds is 3. The van der Waals surface area contributed by atoms with E-state index in [1.807, 2.05) is 6.08 Å². The Hall–Kier alpha value is 0.922. The minimum absolute atomic E-state index is 0.124. The van der Waals surface area contributed by atoms with Gasteiger partial charge < -0.3 is 8.53 Å². The molecule has 55 valence electrons. The van der Waals surface area contributed by atoms with Crippen molar-refractivity contribution in [2.75, 3.05) is 6.61 Å². The van der Waals surface area contributed by atoms with Crippen LogP contribution in [0.2, 0.25) is 0 Å². The van der Waals surface area contributed by atoms with Gasteiger partial charge in [0.05, 0.1) is 18.8 Å². The molecule has 1 aliphatic rings. The van der Waals surface area contributed by atoms with Crippen molar-refractivity contribution in [1.82, 2.24) is 0 Å². The van der Waals surface area contributed by atoms with Crippen LogP contribution < -0.4 is 0 Å². The Bertz CT molecular complexity index is 120. The highest BCUT2D eigenvalue weighted by Crippen LogP contribution is 2.16. The van der Waals surface area contributed by atoms with Gasteiger partial charge in [-0.1, -0.05) is 6.08 Å². The molecule has 0 spiro atoms. The third kappa shape index (κ3) is 2.51. The second-order valence-corrected chi connectivity index (χ2v) is 4.17. The van der Waals surface area contributed by atoms with Gasteiger partial charge in [-0.05, 0) is 0 Å². The average Bonchev–Trinajstić information content (AvgIpc) is 2.37. The van der Waals surface area contributed by atoms with E-state index in [2.05, 4.69) is 26.9 Å². The molecule has 0 aromatic heterocycles. The minimum atomic E-state index is 0.124. The van der Waals surface area contributed by atoms with Crippen molar-refractivity contribution in [1.29, 1.82) is 0 Å². The second kappa shape index (κ2) is 4.73. The summed E-state index contributed by atoms with van der Waals surface area (Å²) >= 11 is 2.40. The van der Waals surface area contributed by atoms with Crippen molar-refractivity contribution < 1.29 is 8.53 Å². The first-order valence-electron chi connectivity index (χ1n) is 3.18. The van der Waals surface area contributed by atoms with Crippen molar-refractivity contribution in [3.63, 3.8) is 0 Å². The van der Waals surface area contributed by atoms with E-state index < -0.39 is 0 Å². The van der Waals surface area contributed by atoms with Crippen molar-refractivity contribution >= 4 is 32.5 Å². The van der Waals surface area contributed by atoms with Crippen LogP contribution in [-0.4, -0.2) is 31.1 Å². The third-order valence-corrected chi connectivity index (χ3v) is 2.87. The molecule has 2 nitrogen and oxygen atoms in total. The van der Waals surface area contributed by atoms with Crippen LogP contribution in [0.3, 0.4) is 0 Å². The fraction of sp³-hybridized carbons (Fsp3) is 0.667. The zero-order valence-electron chi connectivity index (χ0n) is 5.63. The molecule has 0 aromatic rings. The summed E-state index contributed by atoms with van der Waals surface area (Å²) in [7, 11) is 0. The van der Waals surface area contributed by atoms with E-state index in [0.29, 0.717) is 6.10 Å². The van der Waals surface area contributed by atoms with Crippen LogP contribution in [0.5, 0.6) is 0 Å². The summed E-state index contributed by atoms with van der Waals surface area (Å²) < 4.78 is 10.8. The summed E-state index contributed by atoms with van der Waals surface area (Å²) in [5.74, 6) is 0. The Kier molecular flexibility index (Phi) is 4.26. The van der Waals surface area contributed by atoms with Crippen LogP contribution in [0.25, 0.3) is 0 Å². The Balaban J connectivity index is 2.21. The topological polar surface area (TPSA) is 18.5 Å². The highest BCUT2D eigenvalue weighted by Gasteiger charge is 2.22. The molecule has 1 rings (SSSR count). The number of halogens is 1. The summed E-state index contributed by atoms with van der Waals surface area (Å²) in [5.41, 5.74) is 0. The molecule has 4 heteroatoms. The highest BCUT2D eigenvalue weighted by atomic mass is 127. The summed E-state index contributed by atoms with van der Waals surface area (Å²) in [5, 5.41) is 0. The van der Waals surface area contributed by atoms with Crippen LogP contribution in [0.1, 0.15) is 6.42 Å². The lowest BCUT2D eigenvalue weighted by Gasteiger charge is -2.05. The lowest BCUT2D eigenvalue weighted by molar-refractivity contribution is 0.120. The smallest absolute Gasteiger partial charge is 0.495 e. The minimum Gasteiger partial charge on any atom is -0.495 e. The van der Waals surface area contributed by atoms with E-state index >= 15 is 0 Å². The molecule has 1 aliphatic heterocycles. The highest BCUT2D eigenvalue weighted by molar-refractivity contribution is 14.1. The van der Waals surface area contributed by atoms with Crippen LogP contribution in [0, 0.1) is 0 Å². The van der Waals surface area contributed by atoms with Crippen LogP contribution in [0.15, 0.2) is 12.7 Å². The molecule has 1 radical (unpaired) electrons. The predicted octanol–water partition coefficient (Wildman–Crippen LogP) is 1.32. The van der Waals surface area contributed by atoms with Gasteiger partial charge in [0.2, 0.25) is 0 Å². The molecule has 0 aliphatic carbocycles. The maximum absolute atomic E-state index is 5.43. The Morgan fingerprint density at radius 2 is 2.60 bits per heavy atom. The molecule has 0 N–H and O–H groups in total. The lowest BCUT2D eigenvalue weighted by Crippen LogP contribution is -2.12. The van der Waals surface area contributed by atoms with Gasteiger partial charge >= 0.3 is 12.3 Å². The quantitative estimate of drug-likeness (QED) is 0.436. The Labute approximate surface area is 78.7 Å². The second-order valence-electron chi connectivity index (χ2n) is 2.19. The summed E-state index contributed by atoms with van der Waals surface area (Å²) in [6.45, 7) is 4.40. The van der Waals surface area contributed by atoms with Crippen molar-refractivity contribution in [2.45, 2.75) is 18.6 Å². The summed E-state index contributed by atoms with van der Waals surface area (Å²) in [6.07, 6.45) is 3.38. The molecule has 10 heavy (non-hydrogen) atoms. The summed E-state index contributed by atoms with van der Waals surface area (Å²) in [6, 6.07) is 0. The molecule has 0 unspecified atom stereocenters. The van der Waals surface area contributed by atoms with Crippen molar-refractivity contribution in [2.24, 2.45) is 0 Å². The fourth-order valence-electron chi connectivity index (χ4n) is 0.958. The molecule has 1 heterocycles. The zero-order chi connectivity index (χ0) is 7.40. The maximum atomic E-state index is 5.43. The average molecular weight is 267 g/mol. The number of hydrogen-bond donors (Lipinski definition) is 0. The van der Waals surface area contributed by atoms with Gasteiger partial charge in [0.15, 0.2) is 0 Å². The van der Waals surface area contributed by atoms with Gasteiger partial charge in [0.25, 0.3) is 0 Å². The lowest BCUT2D eigenvalue weighted by atomic mass is 10.2. The molecule has 0 bridgehead atoms.